The second kappa shape index (κ2) is 4.29. The maximum Gasteiger partial charge on any atom is 0.315 e. The van der Waals surface area contributed by atoms with Gasteiger partial charge >= 0.3 is 6.03 Å². The van der Waals surface area contributed by atoms with E-state index in [2.05, 4.69) is 17.2 Å². The van der Waals surface area contributed by atoms with Crippen LogP contribution in [0.4, 0.5) is 4.79 Å². The van der Waals surface area contributed by atoms with Gasteiger partial charge in [0.25, 0.3) is 0 Å². The van der Waals surface area contributed by atoms with Crippen LogP contribution in [0.15, 0.2) is 12.2 Å². The molecule has 4 bridgehead atoms. The molecule has 100 valence electrons. The number of hydrogen-bond acceptors (Lipinski definition) is 1. The van der Waals surface area contributed by atoms with Crippen LogP contribution in [0, 0.1) is 17.8 Å². The largest absolute Gasteiger partial charge is 0.334 e. The Kier molecular flexibility index (Phi) is 2.87. The Morgan fingerprint density at radius 2 is 1.67 bits per heavy atom. The summed E-state index contributed by atoms with van der Waals surface area (Å²) in [4.78, 5) is 12.0. The number of rotatable bonds is 3. The monoisotopic (exact) mass is 248 g/mol. The normalized spacial score (nSPS) is 40.6. The Morgan fingerprint density at radius 1 is 1.17 bits per heavy atom. The van der Waals surface area contributed by atoms with Crippen molar-refractivity contribution in [3.05, 3.63) is 12.2 Å². The minimum atomic E-state index is -0.0000463. The summed E-state index contributed by atoms with van der Waals surface area (Å²) in [7, 11) is 0. The van der Waals surface area contributed by atoms with Crippen molar-refractivity contribution < 1.29 is 4.79 Å². The van der Waals surface area contributed by atoms with E-state index in [9.17, 15) is 4.79 Å². The quantitative estimate of drug-likeness (QED) is 0.741. The van der Waals surface area contributed by atoms with Crippen LogP contribution in [0.1, 0.15) is 45.4 Å². The van der Waals surface area contributed by atoms with E-state index in [4.69, 9.17) is 0 Å². The lowest BCUT2D eigenvalue weighted by molar-refractivity contribution is -0.0134. The van der Waals surface area contributed by atoms with E-state index in [0.29, 0.717) is 6.54 Å². The summed E-state index contributed by atoms with van der Waals surface area (Å²) in [6.45, 7) is 6.33. The van der Waals surface area contributed by atoms with Gasteiger partial charge in [0.1, 0.15) is 0 Å². The molecule has 0 aromatic carbocycles. The molecular formula is C15H24N2O. The van der Waals surface area contributed by atoms with Gasteiger partial charge in [-0.3, -0.25) is 0 Å². The van der Waals surface area contributed by atoms with E-state index in [-0.39, 0.29) is 11.6 Å². The molecule has 4 fully saturated rings. The standard InChI is InChI=1S/C15H24N2O/c1-10(2)9-16-14(18)17-15-6-11-3-12(7-15)5-13(4-11)8-15/h11-13H,1,3-9H2,2H3,(H2,16,17,18). The molecule has 4 saturated carbocycles. The van der Waals surface area contributed by atoms with Crippen molar-refractivity contribution in [2.45, 2.75) is 51.0 Å². The topological polar surface area (TPSA) is 41.1 Å². The molecule has 18 heavy (non-hydrogen) atoms. The van der Waals surface area contributed by atoms with Crippen molar-refractivity contribution in [3.63, 3.8) is 0 Å². The Balaban J connectivity index is 1.61. The van der Waals surface area contributed by atoms with E-state index in [1.165, 1.54) is 38.5 Å². The first-order valence-electron chi connectivity index (χ1n) is 7.25. The fraction of sp³-hybridized carbons (Fsp3) is 0.800. The summed E-state index contributed by atoms with van der Waals surface area (Å²) in [5, 5.41) is 6.20. The first-order valence-corrected chi connectivity index (χ1v) is 7.25. The molecule has 2 amide bonds. The number of urea groups is 1. The zero-order chi connectivity index (χ0) is 12.8. The fourth-order valence-corrected chi connectivity index (χ4v) is 4.78. The molecule has 0 aromatic rings. The molecule has 0 aliphatic heterocycles. The predicted molar refractivity (Wildman–Crippen MR) is 72.3 cm³/mol. The summed E-state index contributed by atoms with van der Waals surface area (Å²) < 4.78 is 0. The number of hydrogen-bond donors (Lipinski definition) is 2. The van der Waals surface area contributed by atoms with Gasteiger partial charge in [-0.15, -0.1) is 0 Å². The van der Waals surface area contributed by atoms with Crippen molar-refractivity contribution >= 4 is 6.03 Å². The lowest BCUT2D eigenvalue weighted by Gasteiger charge is -2.56. The number of amides is 2. The maximum atomic E-state index is 12.0. The Bertz CT molecular complexity index is 339. The van der Waals surface area contributed by atoms with Crippen LogP contribution in [0.2, 0.25) is 0 Å². The third-order valence-electron chi connectivity index (χ3n) is 4.97. The molecule has 4 aliphatic carbocycles. The number of nitrogens with one attached hydrogen (secondary N) is 2. The average molecular weight is 248 g/mol. The van der Waals surface area contributed by atoms with Crippen LogP contribution in [-0.2, 0) is 0 Å². The van der Waals surface area contributed by atoms with Gasteiger partial charge < -0.3 is 10.6 Å². The van der Waals surface area contributed by atoms with Gasteiger partial charge in [0.2, 0.25) is 0 Å². The van der Waals surface area contributed by atoms with Crippen LogP contribution in [0.25, 0.3) is 0 Å². The van der Waals surface area contributed by atoms with Crippen LogP contribution in [-0.4, -0.2) is 18.1 Å². The molecule has 2 N–H and O–H groups in total. The molecule has 0 heterocycles. The van der Waals surface area contributed by atoms with Crippen molar-refractivity contribution in [1.29, 1.82) is 0 Å². The van der Waals surface area contributed by atoms with Gasteiger partial charge in [0.15, 0.2) is 0 Å². The molecule has 0 unspecified atom stereocenters. The first-order chi connectivity index (χ1) is 8.55. The Morgan fingerprint density at radius 3 is 2.11 bits per heavy atom. The minimum absolute atomic E-state index is 0.0000463. The molecule has 4 rings (SSSR count). The molecule has 0 atom stereocenters. The summed E-state index contributed by atoms with van der Waals surface area (Å²) in [5.41, 5.74) is 1.11. The zero-order valence-electron chi connectivity index (χ0n) is 11.3. The van der Waals surface area contributed by atoms with Crippen molar-refractivity contribution in [1.82, 2.24) is 10.6 Å². The molecule has 0 aromatic heterocycles. The highest BCUT2D eigenvalue weighted by atomic mass is 16.2. The maximum absolute atomic E-state index is 12.0. The third-order valence-corrected chi connectivity index (χ3v) is 4.97. The Labute approximate surface area is 109 Å². The third kappa shape index (κ3) is 2.27. The lowest BCUT2D eigenvalue weighted by Crippen LogP contribution is -2.61. The smallest absolute Gasteiger partial charge is 0.315 e. The second-order valence-corrected chi connectivity index (χ2v) is 6.96. The highest BCUT2D eigenvalue weighted by Crippen LogP contribution is 2.55. The second-order valence-electron chi connectivity index (χ2n) is 6.96. The molecule has 0 radical (unpaired) electrons. The summed E-state index contributed by atoms with van der Waals surface area (Å²) in [5.74, 6) is 2.62. The molecular weight excluding hydrogens is 224 g/mol. The lowest BCUT2D eigenvalue weighted by atomic mass is 9.53. The highest BCUT2D eigenvalue weighted by Gasteiger charge is 2.51. The fourth-order valence-electron chi connectivity index (χ4n) is 4.78. The highest BCUT2D eigenvalue weighted by molar-refractivity contribution is 5.75. The average Bonchev–Trinajstić information content (AvgIpc) is 2.23. The molecule has 3 nitrogen and oxygen atoms in total. The van der Waals surface area contributed by atoms with Gasteiger partial charge in [0.05, 0.1) is 0 Å². The molecule has 0 saturated heterocycles. The molecule has 3 heteroatoms. The minimum Gasteiger partial charge on any atom is -0.334 e. The van der Waals surface area contributed by atoms with Crippen LogP contribution >= 0.6 is 0 Å². The molecule has 4 aliphatic rings. The van der Waals surface area contributed by atoms with Gasteiger partial charge in [-0.25, -0.2) is 4.79 Å². The van der Waals surface area contributed by atoms with Gasteiger partial charge in [-0.05, 0) is 63.2 Å². The van der Waals surface area contributed by atoms with Crippen LogP contribution < -0.4 is 10.6 Å². The van der Waals surface area contributed by atoms with E-state index in [1.807, 2.05) is 6.92 Å². The van der Waals surface area contributed by atoms with Crippen molar-refractivity contribution in [2.24, 2.45) is 17.8 Å². The van der Waals surface area contributed by atoms with Gasteiger partial charge in [-0.2, -0.15) is 0 Å². The van der Waals surface area contributed by atoms with Crippen LogP contribution in [0.3, 0.4) is 0 Å². The SMILES string of the molecule is C=C(C)CNC(=O)NC12CC3CC(CC(C3)C1)C2. The van der Waals surface area contributed by atoms with Gasteiger partial charge in [0, 0.05) is 12.1 Å². The zero-order valence-corrected chi connectivity index (χ0v) is 11.3. The molecule has 0 spiro atoms. The number of carbonyl (C=O) groups is 1. The van der Waals surface area contributed by atoms with Crippen molar-refractivity contribution in [3.8, 4) is 0 Å². The van der Waals surface area contributed by atoms with Crippen LogP contribution in [0.5, 0.6) is 0 Å². The van der Waals surface area contributed by atoms with E-state index in [0.717, 1.165) is 23.3 Å². The van der Waals surface area contributed by atoms with Crippen molar-refractivity contribution in [2.75, 3.05) is 6.54 Å². The summed E-state index contributed by atoms with van der Waals surface area (Å²) in [6, 6.07) is -0.0000463. The predicted octanol–water partition coefficient (Wildman–Crippen LogP) is 2.83. The van der Waals surface area contributed by atoms with E-state index in [1.54, 1.807) is 0 Å². The summed E-state index contributed by atoms with van der Waals surface area (Å²) >= 11 is 0. The Hall–Kier alpha value is -0.990. The number of carbonyl (C=O) groups excluding carboxylic acids is 1. The summed E-state index contributed by atoms with van der Waals surface area (Å²) in [6.07, 6.45) is 7.86. The first kappa shape index (κ1) is 12.1. The van der Waals surface area contributed by atoms with E-state index < -0.39 is 0 Å². The van der Waals surface area contributed by atoms with Gasteiger partial charge in [-0.1, -0.05) is 12.2 Å². The van der Waals surface area contributed by atoms with E-state index >= 15 is 0 Å².